The lowest BCUT2D eigenvalue weighted by molar-refractivity contribution is 0.0129. The van der Waals surface area contributed by atoms with Crippen molar-refractivity contribution in [3.63, 3.8) is 0 Å². The van der Waals surface area contributed by atoms with Crippen molar-refractivity contribution in [1.29, 1.82) is 0 Å². The Bertz CT molecular complexity index is 1080. The van der Waals surface area contributed by atoms with Gasteiger partial charge in [0.25, 0.3) is 0 Å². The summed E-state index contributed by atoms with van der Waals surface area (Å²) in [5.74, 6) is 1.24. The van der Waals surface area contributed by atoms with Crippen LogP contribution in [0, 0.1) is 0 Å². The summed E-state index contributed by atoms with van der Waals surface area (Å²) in [5.41, 5.74) is 2.80. The van der Waals surface area contributed by atoms with E-state index in [9.17, 15) is 4.79 Å². The highest BCUT2D eigenvalue weighted by Crippen LogP contribution is 2.21. The molecule has 0 aromatic heterocycles. The topological polar surface area (TPSA) is 51.1 Å². The number of aliphatic imine (C=N–C) groups is 1. The standard InChI is InChI=1S/C25H23BrN2O3/c1-28(24-21-12-6-5-9-18(21)15-27-24)16-20(17-30-19-10-3-2-4-11-19)31-25(29)22-13-7-8-14-23(22)26/h2-14,20H,15-17H2,1H3. The van der Waals surface area contributed by atoms with Gasteiger partial charge in [-0.3, -0.25) is 4.99 Å². The Kier molecular flexibility index (Phi) is 6.67. The van der Waals surface area contributed by atoms with E-state index in [1.807, 2.05) is 72.6 Å². The number of rotatable bonds is 7. The molecule has 1 atom stereocenters. The number of nitrogens with zero attached hydrogens (tertiary/aromatic N) is 2. The third-order valence-electron chi connectivity index (χ3n) is 5.04. The third-order valence-corrected chi connectivity index (χ3v) is 5.73. The number of ether oxygens (including phenoxy) is 2. The fourth-order valence-electron chi connectivity index (χ4n) is 3.51. The fraction of sp³-hybridized carbons (Fsp3) is 0.200. The molecule has 31 heavy (non-hydrogen) atoms. The van der Waals surface area contributed by atoms with Gasteiger partial charge in [-0.2, -0.15) is 0 Å². The number of fused-ring (bicyclic) bond motifs is 1. The summed E-state index contributed by atoms with van der Waals surface area (Å²) in [6, 6.07) is 24.9. The molecule has 0 fully saturated rings. The predicted molar refractivity (Wildman–Crippen MR) is 125 cm³/mol. The van der Waals surface area contributed by atoms with E-state index in [2.05, 4.69) is 33.1 Å². The van der Waals surface area contributed by atoms with Gasteiger partial charge in [0.2, 0.25) is 0 Å². The van der Waals surface area contributed by atoms with Crippen LogP contribution in [0.25, 0.3) is 0 Å². The van der Waals surface area contributed by atoms with Gasteiger partial charge in [0.1, 0.15) is 18.2 Å². The Morgan fingerprint density at radius 1 is 1.03 bits per heavy atom. The van der Waals surface area contributed by atoms with Gasteiger partial charge in [0.05, 0.1) is 18.7 Å². The van der Waals surface area contributed by atoms with Crippen LogP contribution in [-0.4, -0.2) is 43.0 Å². The molecule has 3 aromatic carbocycles. The van der Waals surface area contributed by atoms with Crippen molar-refractivity contribution in [2.75, 3.05) is 20.2 Å². The SMILES string of the molecule is CN(CC(COc1ccccc1)OC(=O)c1ccccc1Br)C1=NCc2ccccc21. The van der Waals surface area contributed by atoms with Crippen LogP contribution in [-0.2, 0) is 11.3 Å². The summed E-state index contributed by atoms with van der Waals surface area (Å²) in [6.45, 7) is 1.35. The molecule has 0 amide bonds. The van der Waals surface area contributed by atoms with Crippen LogP contribution in [0.15, 0.2) is 88.3 Å². The van der Waals surface area contributed by atoms with Crippen molar-refractivity contribution in [2.24, 2.45) is 4.99 Å². The highest BCUT2D eigenvalue weighted by atomic mass is 79.9. The molecule has 0 bridgehead atoms. The number of para-hydroxylation sites is 1. The summed E-state index contributed by atoms with van der Waals surface area (Å²) in [4.78, 5) is 19.5. The Balaban J connectivity index is 1.49. The number of likely N-dealkylation sites (N-methyl/N-ethyl adjacent to an activating group) is 1. The Morgan fingerprint density at radius 3 is 2.55 bits per heavy atom. The van der Waals surface area contributed by atoms with Gasteiger partial charge >= 0.3 is 5.97 Å². The molecule has 1 aliphatic rings. The Hall–Kier alpha value is -3.12. The van der Waals surface area contributed by atoms with Crippen molar-refractivity contribution in [1.82, 2.24) is 4.90 Å². The first-order chi connectivity index (χ1) is 15.1. The zero-order valence-corrected chi connectivity index (χ0v) is 18.8. The molecule has 6 heteroatoms. The minimum Gasteiger partial charge on any atom is -0.490 e. The first-order valence-corrected chi connectivity index (χ1v) is 10.9. The first-order valence-electron chi connectivity index (χ1n) is 10.1. The second-order valence-corrected chi connectivity index (χ2v) is 8.16. The lowest BCUT2D eigenvalue weighted by atomic mass is 10.1. The summed E-state index contributed by atoms with van der Waals surface area (Å²) in [6.07, 6.45) is -0.486. The van der Waals surface area contributed by atoms with Gasteiger partial charge in [0, 0.05) is 17.1 Å². The third kappa shape index (κ3) is 5.14. The number of halogens is 1. The number of amidine groups is 1. The Morgan fingerprint density at radius 2 is 1.74 bits per heavy atom. The van der Waals surface area contributed by atoms with E-state index >= 15 is 0 Å². The molecule has 4 rings (SSSR count). The number of esters is 1. The summed E-state index contributed by atoms with van der Waals surface area (Å²) >= 11 is 3.42. The minimum absolute atomic E-state index is 0.236. The molecule has 1 heterocycles. The first kappa shape index (κ1) is 21.1. The molecule has 1 unspecified atom stereocenters. The van der Waals surface area contributed by atoms with E-state index in [4.69, 9.17) is 9.47 Å². The van der Waals surface area contributed by atoms with Crippen molar-refractivity contribution in [3.8, 4) is 5.75 Å². The van der Waals surface area contributed by atoms with E-state index in [-0.39, 0.29) is 6.61 Å². The largest absolute Gasteiger partial charge is 0.490 e. The molecule has 3 aromatic rings. The molecule has 0 radical (unpaired) electrons. The molecular weight excluding hydrogens is 456 g/mol. The second-order valence-electron chi connectivity index (χ2n) is 7.31. The van der Waals surface area contributed by atoms with Gasteiger partial charge in [-0.25, -0.2) is 4.79 Å². The van der Waals surface area contributed by atoms with Crippen LogP contribution in [0.2, 0.25) is 0 Å². The van der Waals surface area contributed by atoms with E-state index in [1.165, 1.54) is 5.56 Å². The smallest absolute Gasteiger partial charge is 0.339 e. The average molecular weight is 479 g/mol. The maximum Gasteiger partial charge on any atom is 0.339 e. The number of hydrogen-bond acceptors (Lipinski definition) is 5. The minimum atomic E-state index is -0.486. The summed E-state index contributed by atoms with van der Waals surface area (Å²) < 4.78 is 12.5. The van der Waals surface area contributed by atoms with E-state index in [0.717, 1.165) is 17.1 Å². The van der Waals surface area contributed by atoms with Crippen molar-refractivity contribution >= 4 is 27.7 Å². The molecule has 158 valence electrons. The molecular formula is C25H23BrN2O3. The molecule has 0 saturated heterocycles. The van der Waals surface area contributed by atoms with Crippen LogP contribution in [0.4, 0.5) is 0 Å². The van der Waals surface area contributed by atoms with Gasteiger partial charge in [-0.15, -0.1) is 0 Å². The van der Waals surface area contributed by atoms with E-state index in [1.54, 1.807) is 6.07 Å². The van der Waals surface area contributed by atoms with Gasteiger partial charge in [0.15, 0.2) is 6.10 Å². The second kappa shape index (κ2) is 9.79. The molecule has 0 spiro atoms. The number of hydrogen-bond donors (Lipinski definition) is 0. The van der Waals surface area contributed by atoms with Crippen molar-refractivity contribution in [3.05, 3.63) is 100 Å². The van der Waals surface area contributed by atoms with Crippen LogP contribution < -0.4 is 4.74 Å². The monoisotopic (exact) mass is 478 g/mol. The lowest BCUT2D eigenvalue weighted by Gasteiger charge is -2.26. The van der Waals surface area contributed by atoms with Gasteiger partial charge in [-0.1, -0.05) is 54.6 Å². The maximum atomic E-state index is 12.8. The molecule has 5 nitrogen and oxygen atoms in total. The zero-order chi connectivity index (χ0) is 21.6. The summed E-state index contributed by atoms with van der Waals surface area (Å²) in [5, 5.41) is 0. The van der Waals surface area contributed by atoms with E-state index in [0.29, 0.717) is 23.1 Å². The van der Waals surface area contributed by atoms with Crippen LogP contribution in [0.5, 0.6) is 5.75 Å². The normalized spacial score (nSPS) is 13.2. The average Bonchev–Trinajstić information content (AvgIpc) is 3.23. The molecule has 0 saturated carbocycles. The molecule has 1 aliphatic heterocycles. The van der Waals surface area contributed by atoms with Crippen molar-refractivity contribution < 1.29 is 14.3 Å². The van der Waals surface area contributed by atoms with Crippen LogP contribution in [0.1, 0.15) is 21.5 Å². The lowest BCUT2D eigenvalue weighted by Crippen LogP contribution is -2.39. The number of carbonyl (C=O) groups excluding carboxylic acids is 1. The Labute approximate surface area is 190 Å². The quantitative estimate of drug-likeness (QED) is 0.451. The van der Waals surface area contributed by atoms with Gasteiger partial charge in [-0.05, 0) is 45.8 Å². The van der Waals surface area contributed by atoms with E-state index < -0.39 is 12.1 Å². The maximum absolute atomic E-state index is 12.8. The highest BCUT2D eigenvalue weighted by molar-refractivity contribution is 9.10. The predicted octanol–water partition coefficient (Wildman–Crippen LogP) is 4.95. The van der Waals surface area contributed by atoms with Crippen molar-refractivity contribution in [2.45, 2.75) is 12.6 Å². The summed E-state index contributed by atoms with van der Waals surface area (Å²) in [7, 11) is 1.96. The fourth-order valence-corrected chi connectivity index (χ4v) is 3.96. The van der Waals surface area contributed by atoms with Crippen LogP contribution in [0.3, 0.4) is 0 Å². The number of carbonyl (C=O) groups is 1. The molecule has 0 N–H and O–H groups in total. The van der Waals surface area contributed by atoms with Gasteiger partial charge < -0.3 is 14.4 Å². The number of benzene rings is 3. The zero-order valence-electron chi connectivity index (χ0n) is 17.2. The highest BCUT2D eigenvalue weighted by Gasteiger charge is 2.24. The molecule has 0 aliphatic carbocycles. The van der Waals surface area contributed by atoms with Crippen LogP contribution >= 0.6 is 15.9 Å².